The van der Waals surface area contributed by atoms with E-state index in [0.717, 1.165) is 10.2 Å². The molecule has 202 valence electrons. The molecule has 0 aliphatic carbocycles. The van der Waals surface area contributed by atoms with Crippen LogP contribution in [0.5, 0.6) is 5.75 Å². The second-order valence-corrected chi connectivity index (χ2v) is 12.1. The first-order valence-electron chi connectivity index (χ1n) is 11.8. The molecule has 4 rings (SSSR count). The lowest BCUT2D eigenvalue weighted by Gasteiger charge is -2.34. The fraction of sp³-hybridized carbons (Fsp3) is 0.440. The van der Waals surface area contributed by atoms with Crippen molar-refractivity contribution < 1.29 is 22.7 Å². The number of carbonyl (C=O) groups is 1. The number of aromatic nitrogens is 1. The van der Waals surface area contributed by atoms with E-state index in [4.69, 9.17) is 9.47 Å². The highest BCUT2D eigenvalue weighted by molar-refractivity contribution is 7.89. The van der Waals surface area contributed by atoms with Gasteiger partial charge in [-0.3, -0.25) is 9.69 Å². The Hall–Kier alpha value is -2.28. The number of nitrogens with zero attached hydrogens (tertiary/aromatic N) is 4. The van der Waals surface area contributed by atoms with Crippen LogP contribution in [0.2, 0.25) is 0 Å². The molecule has 2 atom stereocenters. The number of hydrogen-bond acceptors (Lipinski definition) is 8. The number of methoxy groups -OCH3 is 1. The first-order chi connectivity index (χ1) is 17.1. The summed E-state index contributed by atoms with van der Waals surface area (Å²) in [5, 5.41) is 0.582. The Balaban J connectivity index is 0.00000380. The number of carbonyl (C=O) groups excluding carboxylic acids is 1. The van der Waals surface area contributed by atoms with Gasteiger partial charge in [-0.1, -0.05) is 11.3 Å². The molecule has 1 aliphatic rings. The van der Waals surface area contributed by atoms with E-state index in [9.17, 15) is 13.2 Å². The minimum Gasteiger partial charge on any atom is -0.497 e. The molecule has 12 heteroatoms. The predicted octanol–water partition coefficient (Wildman–Crippen LogP) is 3.73. The average Bonchev–Trinajstić information content (AvgIpc) is 3.26. The number of sulfonamides is 1. The number of rotatable bonds is 8. The molecule has 9 nitrogen and oxygen atoms in total. The summed E-state index contributed by atoms with van der Waals surface area (Å²) >= 11 is 1.43. The Morgan fingerprint density at radius 1 is 1.11 bits per heavy atom. The van der Waals surface area contributed by atoms with Gasteiger partial charge < -0.3 is 14.4 Å². The third-order valence-electron chi connectivity index (χ3n) is 5.96. The number of fused-ring (bicyclic) bond motifs is 1. The molecule has 1 saturated heterocycles. The molecule has 37 heavy (non-hydrogen) atoms. The lowest BCUT2D eigenvalue weighted by Crippen LogP contribution is -2.48. The second-order valence-electron chi connectivity index (χ2n) is 9.19. The maximum absolute atomic E-state index is 13.6. The average molecular weight is 569 g/mol. The van der Waals surface area contributed by atoms with Crippen molar-refractivity contribution in [3.05, 3.63) is 48.0 Å². The molecule has 0 spiro atoms. The molecule has 0 bridgehead atoms. The van der Waals surface area contributed by atoms with E-state index in [1.54, 1.807) is 24.1 Å². The van der Waals surface area contributed by atoms with Crippen LogP contribution < -0.4 is 9.64 Å². The molecule has 1 fully saturated rings. The van der Waals surface area contributed by atoms with Crippen molar-refractivity contribution in [1.29, 1.82) is 0 Å². The molecule has 2 unspecified atom stereocenters. The van der Waals surface area contributed by atoms with Crippen molar-refractivity contribution in [2.75, 3.05) is 52.3 Å². The Morgan fingerprint density at radius 2 is 1.76 bits per heavy atom. The Morgan fingerprint density at radius 3 is 2.35 bits per heavy atom. The minimum absolute atomic E-state index is 0. The van der Waals surface area contributed by atoms with Crippen LogP contribution in [0.3, 0.4) is 0 Å². The number of ether oxygens (including phenoxy) is 2. The van der Waals surface area contributed by atoms with Crippen molar-refractivity contribution in [3.63, 3.8) is 0 Å². The molecule has 1 amide bonds. The summed E-state index contributed by atoms with van der Waals surface area (Å²) < 4.78 is 39.8. The normalized spacial score (nSPS) is 18.5. The number of hydrogen-bond donors (Lipinski definition) is 0. The van der Waals surface area contributed by atoms with Crippen LogP contribution in [0.4, 0.5) is 5.13 Å². The zero-order valence-corrected chi connectivity index (χ0v) is 24.0. The van der Waals surface area contributed by atoms with Crippen LogP contribution in [0.25, 0.3) is 10.2 Å². The lowest BCUT2D eigenvalue weighted by molar-refractivity contribution is -0.0440. The number of likely N-dealkylation sites (N-methyl/N-ethyl adjacent to an activating group) is 1. The summed E-state index contributed by atoms with van der Waals surface area (Å²) in [5.74, 6) is 0.465. The molecule has 3 aromatic rings. The van der Waals surface area contributed by atoms with Crippen molar-refractivity contribution in [2.45, 2.75) is 31.0 Å². The summed E-state index contributed by atoms with van der Waals surface area (Å²) in [6.45, 7) is 5.40. The smallest absolute Gasteiger partial charge is 0.260 e. The van der Waals surface area contributed by atoms with E-state index in [1.807, 2.05) is 51.0 Å². The van der Waals surface area contributed by atoms with E-state index in [0.29, 0.717) is 42.6 Å². The molecule has 0 saturated carbocycles. The Kier molecular flexibility index (Phi) is 9.54. The highest BCUT2D eigenvalue weighted by atomic mass is 35.5. The fourth-order valence-electron chi connectivity index (χ4n) is 4.12. The van der Waals surface area contributed by atoms with Crippen molar-refractivity contribution in [1.82, 2.24) is 14.2 Å². The summed E-state index contributed by atoms with van der Waals surface area (Å²) in [6.07, 6.45) is -0.355. The van der Waals surface area contributed by atoms with Gasteiger partial charge >= 0.3 is 0 Å². The van der Waals surface area contributed by atoms with Gasteiger partial charge in [0.05, 0.1) is 34.4 Å². The van der Waals surface area contributed by atoms with Gasteiger partial charge in [0.25, 0.3) is 5.91 Å². The topological polar surface area (TPSA) is 92.3 Å². The van der Waals surface area contributed by atoms with Gasteiger partial charge in [0.1, 0.15) is 5.75 Å². The van der Waals surface area contributed by atoms with E-state index >= 15 is 0 Å². The largest absolute Gasteiger partial charge is 0.497 e. The van der Waals surface area contributed by atoms with Crippen LogP contribution in [-0.2, 0) is 14.8 Å². The number of morpholine rings is 1. The van der Waals surface area contributed by atoms with Gasteiger partial charge in [-0.2, -0.15) is 4.31 Å². The molecule has 0 radical (unpaired) electrons. The van der Waals surface area contributed by atoms with E-state index in [-0.39, 0.29) is 35.4 Å². The van der Waals surface area contributed by atoms with Gasteiger partial charge in [0, 0.05) is 37.8 Å². The Labute approximate surface area is 228 Å². The van der Waals surface area contributed by atoms with Crippen molar-refractivity contribution in [3.8, 4) is 5.75 Å². The first kappa shape index (κ1) is 29.3. The minimum atomic E-state index is -3.69. The van der Waals surface area contributed by atoms with Gasteiger partial charge in [0.15, 0.2) is 5.13 Å². The van der Waals surface area contributed by atoms with Crippen molar-refractivity contribution in [2.24, 2.45) is 0 Å². The van der Waals surface area contributed by atoms with Crippen molar-refractivity contribution >= 4 is 55.0 Å². The van der Waals surface area contributed by atoms with E-state index < -0.39 is 10.0 Å². The first-order valence-corrected chi connectivity index (χ1v) is 14.0. The third-order valence-corrected chi connectivity index (χ3v) is 8.86. The molecular weight excluding hydrogens is 536 g/mol. The maximum Gasteiger partial charge on any atom is 0.260 e. The van der Waals surface area contributed by atoms with Gasteiger partial charge in [-0.15, -0.1) is 12.4 Å². The predicted molar refractivity (Wildman–Crippen MR) is 149 cm³/mol. The van der Waals surface area contributed by atoms with Crippen LogP contribution in [0, 0.1) is 0 Å². The number of thiazole rings is 1. The SMILES string of the molecule is COc1ccc2sc(N(CCN(C)C)C(=O)c3ccc(S(=O)(=O)N4CC(C)OC(C)C4)cc3)nc2c1.Cl. The monoisotopic (exact) mass is 568 g/mol. The molecule has 2 heterocycles. The van der Waals surface area contributed by atoms with E-state index in [2.05, 4.69) is 4.98 Å². The van der Waals surface area contributed by atoms with Crippen LogP contribution >= 0.6 is 23.7 Å². The molecule has 1 aromatic heterocycles. The fourth-order valence-corrected chi connectivity index (χ4v) is 6.68. The molecule has 2 aromatic carbocycles. The molecule has 1 aliphatic heterocycles. The van der Waals surface area contributed by atoms with Crippen LogP contribution in [0.1, 0.15) is 24.2 Å². The van der Waals surface area contributed by atoms with E-state index in [1.165, 1.54) is 27.8 Å². The standard InChI is InChI=1S/C25H32N4O5S2.ClH/c1-17-15-28(16-18(2)34-17)36(31,32)21-9-6-19(7-10-21)24(30)29(13-12-27(3)4)25-26-22-14-20(33-5)8-11-23(22)35-25;/h6-11,14,17-18H,12-13,15-16H2,1-5H3;1H. The highest BCUT2D eigenvalue weighted by Crippen LogP contribution is 2.32. The highest BCUT2D eigenvalue weighted by Gasteiger charge is 2.32. The zero-order valence-electron chi connectivity index (χ0n) is 21.6. The molecular formula is C25H33ClN4O5S2. The number of benzene rings is 2. The number of halogens is 1. The number of anilines is 1. The maximum atomic E-state index is 13.6. The van der Waals surface area contributed by atoms with Gasteiger partial charge in [-0.05, 0) is 64.3 Å². The summed E-state index contributed by atoms with van der Waals surface area (Å²) in [5.41, 5.74) is 1.15. The number of amides is 1. The summed E-state index contributed by atoms with van der Waals surface area (Å²) in [4.78, 5) is 22.1. The quantitative estimate of drug-likeness (QED) is 0.409. The molecule has 0 N–H and O–H groups in total. The zero-order chi connectivity index (χ0) is 26.0. The van der Waals surface area contributed by atoms with Crippen LogP contribution in [0.15, 0.2) is 47.4 Å². The second kappa shape index (κ2) is 12.1. The lowest BCUT2D eigenvalue weighted by atomic mass is 10.2. The third kappa shape index (κ3) is 6.60. The van der Waals surface area contributed by atoms with Gasteiger partial charge in [-0.25, -0.2) is 13.4 Å². The Bertz CT molecular complexity index is 1320. The van der Waals surface area contributed by atoms with Crippen LogP contribution in [-0.4, -0.2) is 88.1 Å². The summed E-state index contributed by atoms with van der Waals surface area (Å²) in [6, 6.07) is 11.8. The van der Waals surface area contributed by atoms with Gasteiger partial charge in [0.2, 0.25) is 10.0 Å². The summed E-state index contributed by atoms with van der Waals surface area (Å²) in [7, 11) is 1.80.